The van der Waals surface area contributed by atoms with Gasteiger partial charge in [-0.3, -0.25) is 9.69 Å². The zero-order valence-electron chi connectivity index (χ0n) is 14.6. The monoisotopic (exact) mass is 297 g/mol. The number of carbonyl (C=O) groups excluding carboxylic acids is 1. The summed E-state index contributed by atoms with van der Waals surface area (Å²) >= 11 is 0. The van der Waals surface area contributed by atoms with E-state index in [9.17, 15) is 4.79 Å². The summed E-state index contributed by atoms with van der Waals surface area (Å²) in [5.41, 5.74) is 0. The van der Waals surface area contributed by atoms with E-state index in [1.807, 2.05) is 6.92 Å². The first-order chi connectivity index (χ1) is 9.99. The molecule has 124 valence electrons. The van der Waals surface area contributed by atoms with Gasteiger partial charge >= 0.3 is 0 Å². The van der Waals surface area contributed by atoms with E-state index < -0.39 is 0 Å². The van der Waals surface area contributed by atoms with Crippen molar-refractivity contribution >= 4 is 5.91 Å². The quantitative estimate of drug-likeness (QED) is 0.723. The molecule has 1 heterocycles. The van der Waals surface area contributed by atoms with Crippen LogP contribution < -0.4 is 10.6 Å². The summed E-state index contributed by atoms with van der Waals surface area (Å²) in [5, 5.41) is 6.66. The lowest BCUT2D eigenvalue weighted by Gasteiger charge is -2.38. The third-order valence-electron chi connectivity index (χ3n) is 4.84. The minimum absolute atomic E-state index is 0.000281. The second kappa shape index (κ2) is 9.42. The number of rotatable bonds is 8. The molecule has 4 nitrogen and oxygen atoms in total. The molecule has 0 saturated carbocycles. The Bertz CT molecular complexity index is 300. The molecule has 1 saturated heterocycles. The molecule has 4 heteroatoms. The average molecular weight is 297 g/mol. The maximum Gasteiger partial charge on any atom is 0.237 e. The zero-order chi connectivity index (χ0) is 15.8. The van der Waals surface area contributed by atoms with E-state index in [0.29, 0.717) is 6.04 Å². The normalized spacial score (nSPS) is 21.8. The van der Waals surface area contributed by atoms with Crippen molar-refractivity contribution in [1.82, 2.24) is 15.5 Å². The van der Waals surface area contributed by atoms with Crippen molar-refractivity contribution in [2.75, 3.05) is 19.6 Å². The zero-order valence-corrected chi connectivity index (χ0v) is 14.6. The van der Waals surface area contributed by atoms with Gasteiger partial charge in [0.2, 0.25) is 5.91 Å². The van der Waals surface area contributed by atoms with Gasteiger partial charge in [0.1, 0.15) is 0 Å². The van der Waals surface area contributed by atoms with Gasteiger partial charge in [0.25, 0.3) is 0 Å². The van der Waals surface area contributed by atoms with Crippen molar-refractivity contribution in [2.24, 2.45) is 5.92 Å². The van der Waals surface area contributed by atoms with Crippen molar-refractivity contribution in [1.29, 1.82) is 0 Å². The molecule has 0 aromatic heterocycles. The largest absolute Gasteiger partial charge is 0.352 e. The third kappa shape index (κ3) is 5.95. The van der Waals surface area contributed by atoms with E-state index in [4.69, 9.17) is 0 Å². The number of nitrogens with zero attached hydrogens (tertiary/aromatic N) is 1. The molecule has 3 atom stereocenters. The summed E-state index contributed by atoms with van der Waals surface area (Å²) in [4.78, 5) is 14.6. The first-order valence-corrected chi connectivity index (χ1v) is 8.77. The van der Waals surface area contributed by atoms with Crippen LogP contribution in [0, 0.1) is 5.92 Å². The van der Waals surface area contributed by atoms with Gasteiger partial charge in [-0.25, -0.2) is 0 Å². The van der Waals surface area contributed by atoms with Gasteiger partial charge < -0.3 is 10.6 Å². The van der Waals surface area contributed by atoms with Crippen LogP contribution >= 0.6 is 0 Å². The number of nitrogens with one attached hydrogen (secondary N) is 2. The van der Waals surface area contributed by atoms with E-state index >= 15 is 0 Å². The van der Waals surface area contributed by atoms with Gasteiger partial charge in [0.15, 0.2) is 0 Å². The number of hydrogen-bond acceptors (Lipinski definition) is 3. The van der Waals surface area contributed by atoms with Gasteiger partial charge in [-0.15, -0.1) is 0 Å². The molecule has 0 aromatic rings. The molecule has 0 aliphatic carbocycles. The van der Waals surface area contributed by atoms with Crippen molar-refractivity contribution in [3.05, 3.63) is 0 Å². The predicted octanol–water partition coefficient (Wildman–Crippen LogP) is 2.39. The Kier molecular flexibility index (Phi) is 8.27. The number of hydrogen-bond donors (Lipinski definition) is 2. The summed E-state index contributed by atoms with van der Waals surface area (Å²) < 4.78 is 0. The van der Waals surface area contributed by atoms with Crippen molar-refractivity contribution < 1.29 is 4.79 Å². The lowest BCUT2D eigenvalue weighted by Crippen LogP contribution is -2.51. The highest BCUT2D eigenvalue weighted by Gasteiger charge is 2.28. The Morgan fingerprint density at radius 1 is 1.19 bits per heavy atom. The van der Waals surface area contributed by atoms with Crippen molar-refractivity contribution in [3.8, 4) is 0 Å². The second-order valence-corrected chi connectivity index (χ2v) is 6.59. The van der Waals surface area contributed by atoms with E-state index in [0.717, 1.165) is 38.4 Å². The van der Waals surface area contributed by atoms with Gasteiger partial charge in [0, 0.05) is 12.1 Å². The Balaban J connectivity index is 2.37. The highest BCUT2D eigenvalue weighted by Crippen LogP contribution is 2.22. The number of amides is 1. The lowest BCUT2D eigenvalue weighted by atomic mass is 9.89. The topological polar surface area (TPSA) is 44.4 Å². The summed E-state index contributed by atoms with van der Waals surface area (Å²) in [6.45, 7) is 13.9. The van der Waals surface area contributed by atoms with E-state index in [1.54, 1.807) is 0 Å². The molecule has 1 aliphatic rings. The minimum Gasteiger partial charge on any atom is -0.352 e. The molecule has 1 rings (SSSR count). The van der Waals surface area contributed by atoms with E-state index in [-0.39, 0.29) is 18.0 Å². The summed E-state index contributed by atoms with van der Waals surface area (Å²) in [5.74, 6) is 0.935. The molecule has 3 unspecified atom stereocenters. The van der Waals surface area contributed by atoms with Crippen LogP contribution in [0.3, 0.4) is 0 Å². The molecule has 21 heavy (non-hydrogen) atoms. The fourth-order valence-corrected chi connectivity index (χ4v) is 3.33. The van der Waals surface area contributed by atoms with Crippen LogP contribution in [0.5, 0.6) is 0 Å². The van der Waals surface area contributed by atoms with Gasteiger partial charge in [-0.2, -0.15) is 0 Å². The molecule has 1 amide bonds. The van der Waals surface area contributed by atoms with Gasteiger partial charge in [-0.1, -0.05) is 20.3 Å². The Morgan fingerprint density at radius 3 is 2.33 bits per heavy atom. The summed E-state index contributed by atoms with van der Waals surface area (Å²) in [6, 6.07) is 0.877. The Morgan fingerprint density at radius 2 is 1.81 bits per heavy atom. The van der Waals surface area contributed by atoms with Crippen LogP contribution in [0.1, 0.15) is 60.3 Å². The highest BCUT2D eigenvalue weighted by molar-refractivity contribution is 5.81. The first kappa shape index (κ1) is 18.4. The lowest BCUT2D eigenvalue weighted by molar-refractivity contribution is -0.127. The molecule has 0 radical (unpaired) electrons. The molecule has 2 N–H and O–H groups in total. The maximum atomic E-state index is 12.3. The van der Waals surface area contributed by atoms with Crippen LogP contribution in [0.25, 0.3) is 0 Å². The molecule has 1 aliphatic heterocycles. The first-order valence-electron chi connectivity index (χ1n) is 8.77. The number of piperidine rings is 1. The third-order valence-corrected chi connectivity index (χ3v) is 4.84. The van der Waals surface area contributed by atoms with Crippen LogP contribution in [-0.4, -0.2) is 48.6 Å². The molecular formula is C17H35N3O. The fraction of sp³-hybridized carbons (Fsp3) is 0.941. The van der Waals surface area contributed by atoms with Crippen LogP contribution in [0.4, 0.5) is 0 Å². The fourth-order valence-electron chi connectivity index (χ4n) is 3.33. The van der Waals surface area contributed by atoms with Crippen LogP contribution in [0.2, 0.25) is 0 Å². The standard InChI is InChI=1S/C17H35N3O/c1-6-8-13(3)19-17(21)15(5)20-11-9-16(10-12-20)14(4)18-7-2/h13-16,18H,6-12H2,1-5H3,(H,19,21). The Hall–Kier alpha value is -0.610. The molecule has 0 aromatic carbocycles. The molecule has 1 fully saturated rings. The van der Waals surface area contributed by atoms with Crippen LogP contribution in [-0.2, 0) is 4.79 Å². The van der Waals surface area contributed by atoms with E-state index in [1.165, 1.54) is 12.8 Å². The van der Waals surface area contributed by atoms with Crippen molar-refractivity contribution in [2.45, 2.75) is 78.4 Å². The molecule has 0 spiro atoms. The minimum atomic E-state index is -0.000281. The molecule has 0 bridgehead atoms. The average Bonchev–Trinajstić information content (AvgIpc) is 2.47. The highest BCUT2D eigenvalue weighted by atomic mass is 16.2. The predicted molar refractivity (Wildman–Crippen MR) is 89.4 cm³/mol. The smallest absolute Gasteiger partial charge is 0.237 e. The Labute approximate surface area is 131 Å². The van der Waals surface area contributed by atoms with Crippen LogP contribution in [0.15, 0.2) is 0 Å². The summed E-state index contributed by atoms with van der Waals surface area (Å²) in [7, 11) is 0. The van der Waals surface area contributed by atoms with Crippen molar-refractivity contribution in [3.63, 3.8) is 0 Å². The van der Waals surface area contributed by atoms with Gasteiger partial charge in [0.05, 0.1) is 6.04 Å². The second-order valence-electron chi connectivity index (χ2n) is 6.59. The number of carbonyl (C=O) groups is 1. The summed E-state index contributed by atoms with van der Waals surface area (Å²) in [6.07, 6.45) is 4.55. The van der Waals surface area contributed by atoms with Gasteiger partial charge in [-0.05, 0) is 65.6 Å². The molecular weight excluding hydrogens is 262 g/mol. The number of likely N-dealkylation sites (tertiary alicyclic amines) is 1. The SMILES string of the molecule is CCCC(C)NC(=O)C(C)N1CCC(C(C)NCC)CC1. The van der Waals surface area contributed by atoms with E-state index in [2.05, 4.69) is 43.2 Å². The maximum absolute atomic E-state index is 12.3.